The van der Waals surface area contributed by atoms with Crippen LogP contribution in [0.5, 0.6) is 0 Å². The van der Waals surface area contributed by atoms with Gasteiger partial charge in [-0.25, -0.2) is 0 Å². The number of para-hydroxylation sites is 1. The third kappa shape index (κ3) is 4.49. The average molecular weight is 688 g/mol. The number of hydrogen-bond acceptors (Lipinski definition) is 1. The quantitative estimate of drug-likeness (QED) is 0.174. The lowest BCUT2D eigenvalue weighted by Crippen LogP contribution is -2.48. The van der Waals surface area contributed by atoms with Crippen molar-refractivity contribution in [3.8, 4) is 33.4 Å². The lowest BCUT2D eigenvalue weighted by Gasteiger charge is -2.57. The molecule has 262 valence electrons. The Morgan fingerprint density at radius 3 is 1.51 bits per heavy atom. The van der Waals surface area contributed by atoms with E-state index < -0.39 is 0 Å². The van der Waals surface area contributed by atoms with Crippen molar-refractivity contribution in [2.75, 3.05) is 4.90 Å². The van der Waals surface area contributed by atoms with Crippen LogP contribution in [0.2, 0.25) is 0 Å². The van der Waals surface area contributed by atoms with Gasteiger partial charge in [0.15, 0.2) is 0 Å². The summed E-state index contributed by atoms with van der Waals surface area (Å²) >= 11 is 0. The topological polar surface area (TPSA) is 3.24 Å². The standard InChI is InChI=1S/C52H49N/c1-50(2)44-17-9-8-14-42(44)48-40(15-10-18-45(48)50)41-16-11-19-46-49(41)43-25-24-39(29-47(43)51(46,3)4)53(37-12-6-5-7-13-37)38-22-20-36(21-23-38)52-30-33-26-34(31-52)28-35(27-33)32-52/h5-25,29,33-35H,26-28,30-32H2,1-4H3. The molecule has 0 heterocycles. The highest BCUT2D eigenvalue weighted by Gasteiger charge is 2.51. The Balaban J connectivity index is 1.03. The van der Waals surface area contributed by atoms with E-state index in [1.54, 1.807) is 5.56 Å². The molecule has 0 saturated heterocycles. The van der Waals surface area contributed by atoms with Crippen LogP contribution in [0.3, 0.4) is 0 Å². The number of nitrogens with zero attached hydrogens (tertiary/aromatic N) is 1. The second kappa shape index (κ2) is 11.1. The fraction of sp³-hybridized carbons (Fsp3) is 0.308. The Hall–Kier alpha value is -4.88. The SMILES string of the molecule is CC1(C)c2ccccc2-c2c(-c3cccc4c3-c3ccc(N(c5ccccc5)c5ccc(C67CC8CC(CC(C8)C6)C7)cc5)cc3C4(C)C)cccc21. The first kappa shape index (κ1) is 31.6. The number of rotatable bonds is 5. The molecule has 0 amide bonds. The Labute approximate surface area is 315 Å². The first-order valence-electron chi connectivity index (χ1n) is 20.2. The summed E-state index contributed by atoms with van der Waals surface area (Å²) in [4.78, 5) is 2.48. The summed E-state index contributed by atoms with van der Waals surface area (Å²) in [5.41, 5.74) is 19.3. The molecule has 4 fully saturated rings. The van der Waals surface area contributed by atoms with E-state index in [1.807, 2.05) is 0 Å². The van der Waals surface area contributed by atoms with Crippen LogP contribution in [0.1, 0.15) is 94.0 Å². The van der Waals surface area contributed by atoms with Crippen LogP contribution in [0.4, 0.5) is 17.1 Å². The minimum Gasteiger partial charge on any atom is -0.310 e. The molecule has 6 aromatic rings. The predicted molar refractivity (Wildman–Crippen MR) is 222 cm³/mol. The molecule has 0 aromatic heterocycles. The van der Waals surface area contributed by atoms with Gasteiger partial charge in [0.05, 0.1) is 0 Å². The molecule has 53 heavy (non-hydrogen) atoms. The first-order chi connectivity index (χ1) is 25.7. The molecule has 6 aromatic carbocycles. The maximum Gasteiger partial charge on any atom is 0.0465 e. The maximum atomic E-state index is 2.50. The summed E-state index contributed by atoms with van der Waals surface area (Å²) in [7, 11) is 0. The van der Waals surface area contributed by atoms with Crippen molar-refractivity contribution in [2.45, 2.75) is 82.5 Å². The minimum atomic E-state index is -0.142. The monoisotopic (exact) mass is 687 g/mol. The van der Waals surface area contributed by atoms with Crippen LogP contribution < -0.4 is 4.90 Å². The van der Waals surface area contributed by atoms with Gasteiger partial charge >= 0.3 is 0 Å². The lowest BCUT2D eigenvalue weighted by molar-refractivity contribution is -0.00518. The third-order valence-electron chi connectivity index (χ3n) is 14.6. The van der Waals surface area contributed by atoms with Crippen molar-refractivity contribution in [1.29, 1.82) is 0 Å². The molecule has 0 radical (unpaired) electrons. The van der Waals surface area contributed by atoms with E-state index in [-0.39, 0.29) is 10.8 Å². The average Bonchev–Trinajstić information content (AvgIpc) is 3.55. The van der Waals surface area contributed by atoms with Gasteiger partial charge in [0.2, 0.25) is 0 Å². The van der Waals surface area contributed by atoms with Gasteiger partial charge < -0.3 is 4.90 Å². The van der Waals surface area contributed by atoms with Crippen LogP contribution in [0.25, 0.3) is 33.4 Å². The summed E-state index contributed by atoms with van der Waals surface area (Å²) in [5, 5.41) is 0. The second-order valence-corrected chi connectivity index (χ2v) is 18.4. The summed E-state index contributed by atoms with van der Waals surface area (Å²) < 4.78 is 0. The molecular weight excluding hydrogens is 639 g/mol. The normalized spacial score (nSPS) is 24.7. The maximum absolute atomic E-state index is 2.50. The van der Waals surface area contributed by atoms with Crippen LogP contribution in [-0.2, 0) is 16.2 Å². The summed E-state index contributed by atoms with van der Waals surface area (Å²) in [6.45, 7) is 9.61. The Morgan fingerprint density at radius 2 is 0.887 bits per heavy atom. The Kier molecular flexibility index (Phi) is 6.61. The van der Waals surface area contributed by atoms with Crippen LogP contribution in [0.15, 0.2) is 133 Å². The number of anilines is 3. The van der Waals surface area contributed by atoms with Gasteiger partial charge in [-0.2, -0.15) is 0 Å². The van der Waals surface area contributed by atoms with Crippen molar-refractivity contribution in [2.24, 2.45) is 17.8 Å². The van der Waals surface area contributed by atoms with E-state index in [9.17, 15) is 0 Å². The van der Waals surface area contributed by atoms with E-state index in [0.29, 0.717) is 5.41 Å². The molecule has 6 aliphatic rings. The lowest BCUT2D eigenvalue weighted by atomic mass is 9.48. The first-order valence-corrected chi connectivity index (χ1v) is 20.2. The molecular formula is C52H49N. The van der Waals surface area contributed by atoms with Crippen LogP contribution in [0, 0.1) is 17.8 Å². The summed E-state index contributed by atoms with van der Waals surface area (Å²) in [5.74, 6) is 2.85. The highest BCUT2D eigenvalue weighted by molar-refractivity contribution is 6.00. The van der Waals surface area contributed by atoms with Crippen molar-refractivity contribution >= 4 is 17.1 Å². The number of benzene rings is 6. The molecule has 4 bridgehead atoms. The number of hydrogen-bond donors (Lipinski definition) is 0. The second-order valence-electron chi connectivity index (χ2n) is 18.4. The van der Waals surface area contributed by atoms with E-state index >= 15 is 0 Å². The van der Waals surface area contributed by atoms with Crippen molar-refractivity contribution in [3.63, 3.8) is 0 Å². The molecule has 12 rings (SSSR count). The fourth-order valence-corrected chi connectivity index (χ4v) is 12.6. The van der Waals surface area contributed by atoms with Crippen molar-refractivity contribution in [1.82, 2.24) is 0 Å². The van der Waals surface area contributed by atoms with Gasteiger partial charge in [0.25, 0.3) is 0 Å². The largest absolute Gasteiger partial charge is 0.310 e. The Bertz CT molecular complexity index is 2390. The van der Waals surface area contributed by atoms with Gasteiger partial charge in [-0.1, -0.05) is 125 Å². The minimum absolute atomic E-state index is 0.0275. The van der Waals surface area contributed by atoms with Gasteiger partial charge in [-0.3, -0.25) is 0 Å². The van der Waals surface area contributed by atoms with E-state index in [0.717, 1.165) is 17.8 Å². The molecule has 0 unspecified atom stereocenters. The predicted octanol–water partition coefficient (Wildman–Crippen LogP) is 13.9. The van der Waals surface area contributed by atoms with Crippen LogP contribution in [-0.4, -0.2) is 0 Å². The molecule has 4 saturated carbocycles. The fourth-order valence-electron chi connectivity index (χ4n) is 12.6. The van der Waals surface area contributed by atoms with Gasteiger partial charge in [0.1, 0.15) is 0 Å². The van der Waals surface area contributed by atoms with Gasteiger partial charge in [-0.05, 0) is 159 Å². The smallest absolute Gasteiger partial charge is 0.0465 e. The molecule has 1 nitrogen and oxygen atoms in total. The van der Waals surface area contributed by atoms with E-state index in [4.69, 9.17) is 0 Å². The summed E-state index contributed by atoms with van der Waals surface area (Å²) in [6, 6.07) is 51.1. The zero-order valence-corrected chi connectivity index (χ0v) is 31.6. The highest BCUT2D eigenvalue weighted by Crippen LogP contribution is 2.61. The zero-order valence-electron chi connectivity index (χ0n) is 31.6. The molecule has 0 N–H and O–H groups in total. The summed E-state index contributed by atoms with van der Waals surface area (Å²) in [6.07, 6.45) is 8.66. The molecule has 0 atom stereocenters. The van der Waals surface area contributed by atoms with Gasteiger partial charge in [-0.15, -0.1) is 0 Å². The van der Waals surface area contributed by atoms with E-state index in [1.165, 1.54) is 111 Å². The van der Waals surface area contributed by atoms with Crippen molar-refractivity contribution in [3.05, 3.63) is 161 Å². The third-order valence-corrected chi connectivity index (χ3v) is 14.6. The van der Waals surface area contributed by atoms with E-state index in [2.05, 4.69) is 166 Å². The van der Waals surface area contributed by atoms with Crippen LogP contribution >= 0.6 is 0 Å². The van der Waals surface area contributed by atoms with Crippen molar-refractivity contribution < 1.29 is 0 Å². The molecule has 6 aliphatic carbocycles. The molecule has 1 heteroatoms. The molecule has 0 aliphatic heterocycles. The highest BCUT2D eigenvalue weighted by atomic mass is 15.1. The van der Waals surface area contributed by atoms with Gasteiger partial charge in [0, 0.05) is 27.9 Å². The Morgan fingerprint density at radius 1 is 0.415 bits per heavy atom. The molecule has 0 spiro atoms. The number of fused-ring (bicyclic) bond motifs is 6. The zero-order chi connectivity index (χ0) is 35.7.